The summed E-state index contributed by atoms with van der Waals surface area (Å²) in [4.78, 5) is 16.1. The molecule has 13 heteroatoms. The molecule has 3 rings (SSSR count). The maximum absolute atomic E-state index is 13.1. The number of nitrogens with zero attached hydrogens (tertiary/aromatic N) is 2. The first-order valence-corrected chi connectivity index (χ1v) is 12.8. The van der Waals surface area contributed by atoms with E-state index in [1.807, 2.05) is 0 Å². The lowest BCUT2D eigenvalue weighted by Crippen LogP contribution is -2.49. The average molecular weight is 527 g/mol. The molecule has 0 atom stereocenters. The summed E-state index contributed by atoms with van der Waals surface area (Å²) < 4.78 is 100. The van der Waals surface area contributed by atoms with Gasteiger partial charge in [-0.2, -0.15) is 26.3 Å². The Bertz CT molecular complexity index is 1140. The molecule has 1 aliphatic rings. The Balaban J connectivity index is 1.76. The van der Waals surface area contributed by atoms with E-state index in [0.717, 1.165) is 30.5 Å². The molecule has 0 saturated carbocycles. The third-order valence-corrected chi connectivity index (χ3v) is 7.38. The van der Waals surface area contributed by atoms with Crippen molar-refractivity contribution < 1.29 is 39.6 Å². The normalized spacial score (nSPS) is 15.5. The number of anilines is 1. The number of carbonyl (C=O) groups excluding carboxylic acids is 1. The zero-order valence-electron chi connectivity index (χ0n) is 17.8. The number of alkyl halides is 6. The first-order valence-electron chi connectivity index (χ1n) is 9.90. The summed E-state index contributed by atoms with van der Waals surface area (Å²) >= 11 is 0.397. The van der Waals surface area contributed by atoms with Crippen molar-refractivity contribution in [3.05, 3.63) is 53.6 Å². The van der Waals surface area contributed by atoms with E-state index < -0.39 is 39.4 Å². The summed E-state index contributed by atoms with van der Waals surface area (Å²) in [7, 11) is -3.70. The summed E-state index contributed by atoms with van der Waals surface area (Å²) in [6.07, 6.45) is -8.00. The molecule has 5 nitrogen and oxygen atoms in total. The Morgan fingerprint density at radius 1 is 0.941 bits per heavy atom. The van der Waals surface area contributed by atoms with Gasteiger partial charge in [-0.15, -0.1) is 11.8 Å². The predicted molar refractivity (Wildman–Crippen MR) is 116 cm³/mol. The number of carbonyl (C=O) groups is 1. The van der Waals surface area contributed by atoms with Crippen molar-refractivity contribution in [3.63, 3.8) is 0 Å². The lowest BCUT2D eigenvalue weighted by atomic mass is 10.1. The Hall–Kier alpha value is -2.41. The first kappa shape index (κ1) is 26.2. The van der Waals surface area contributed by atoms with E-state index in [1.165, 1.54) is 23.1 Å². The van der Waals surface area contributed by atoms with Crippen LogP contribution < -0.4 is 4.90 Å². The van der Waals surface area contributed by atoms with Crippen molar-refractivity contribution >= 4 is 33.2 Å². The largest absolute Gasteiger partial charge is 0.416 e. The van der Waals surface area contributed by atoms with Crippen LogP contribution in [0.4, 0.5) is 32.0 Å². The van der Waals surface area contributed by atoms with Gasteiger partial charge in [0.15, 0.2) is 9.84 Å². The standard InChI is InChI=1S/C21H20F6N2O3S2/c1-34(31,32)16-6-7-18(33-13-20(22,23)24)17(12-16)19(30)29-10-8-28(9-11-29)15-4-2-14(3-5-15)21(25,26)27/h2-7,12H,8-11,13H2,1H3. The summed E-state index contributed by atoms with van der Waals surface area (Å²) in [5.74, 6) is -1.85. The van der Waals surface area contributed by atoms with Gasteiger partial charge in [-0.1, -0.05) is 0 Å². The molecule has 1 fully saturated rings. The highest BCUT2D eigenvalue weighted by molar-refractivity contribution is 7.99. The van der Waals surface area contributed by atoms with Crippen molar-refractivity contribution in [2.75, 3.05) is 43.1 Å². The molecule has 0 aromatic heterocycles. The fraction of sp³-hybridized carbons (Fsp3) is 0.381. The maximum Gasteiger partial charge on any atom is 0.416 e. The third kappa shape index (κ3) is 6.59. The van der Waals surface area contributed by atoms with Gasteiger partial charge in [0.05, 0.1) is 21.8 Å². The molecule has 1 saturated heterocycles. The molecule has 0 spiro atoms. The summed E-state index contributed by atoms with van der Waals surface area (Å²) in [5.41, 5.74) is -0.375. The number of halogens is 6. The van der Waals surface area contributed by atoms with Crippen LogP contribution in [0.2, 0.25) is 0 Å². The lowest BCUT2D eigenvalue weighted by molar-refractivity contribution is -0.137. The molecular weight excluding hydrogens is 506 g/mol. The Kier molecular flexibility index (Phi) is 7.46. The van der Waals surface area contributed by atoms with Gasteiger partial charge in [-0.25, -0.2) is 8.42 Å². The highest BCUT2D eigenvalue weighted by Crippen LogP contribution is 2.33. The molecule has 0 aliphatic carbocycles. The molecule has 2 aromatic carbocycles. The van der Waals surface area contributed by atoms with Crippen LogP contribution in [-0.2, 0) is 16.0 Å². The van der Waals surface area contributed by atoms with Crippen LogP contribution in [0.5, 0.6) is 0 Å². The summed E-state index contributed by atoms with van der Waals surface area (Å²) in [6.45, 7) is 0.889. The van der Waals surface area contributed by atoms with Gasteiger partial charge in [-0.05, 0) is 42.5 Å². The first-order chi connectivity index (χ1) is 15.6. The Morgan fingerprint density at radius 2 is 1.53 bits per heavy atom. The van der Waals surface area contributed by atoms with Crippen LogP contribution >= 0.6 is 11.8 Å². The number of piperazine rings is 1. The number of hydrogen-bond donors (Lipinski definition) is 0. The number of thioether (sulfide) groups is 1. The van der Waals surface area contributed by atoms with E-state index in [9.17, 15) is 39.6 Å². The Labute approximate surface area is 196 Å². The number of benzene rings is 2. The van der Waals surface area contributed by atoms with Gasteiger partial charge in [0.2, 0.25) is 0 Å². The molecule has 1 heterocycles. The van der Waals surface area contributed by atoms with Crippen LogP contribution in [-0.4, -0.2) is 63.6 Å². The molecule has 1 amide bonds. The molecule has 34 heavy (non-hydrogen) atoms. The summed E-state index contributed by atoms with van der Waals surface area (Å²) in [6, 6.07) is 8.04. The SMILES string of the molecule is CS(=O)(=O)c1ccc(SCC(F)(F)F)c(C(=O)N2CCN(c3ccc(C(F)(F)F)cc3)CC2)c1. The van der Waals surface area contributed by atoms with Crippen molar-refractivity contribution in [3.8, 4) is 0 Å². The maximum atomic E-state index is 13.1. The molecule has 2 aromatic rings. The van der Waals surface area contributed by atoms with Crippen LogP contribution in [0.25, 0.3) is 0 Å². The Morgan fingerprint density at radius 3 is 2.03 bits per heavy atom. The smallest absolute Gasteiger partial charge is 0.368 e. The van der Waals surface area contributed by atoms with Gasteiger partial charge in [0, 0.05) is 43.0 Å². The van der Waals surface area contributed by atoms with Crippen LogP contribution in [0.15, 0.2) is 52.3 Å². The zero-order valence-corrected chi connectivity index (χ0v) is 19.4. The fourth-order valence-electron chi connectivity index (χ4n) is 3.39. The molecule has 0 radical (unpaired) electrons. The van der Waals surface area contributed by atoms with Crippen LogP contribution in [0.1, 0.15) is 15.9 Å². The minimum Gasteiger partial charge on any atom is -0.368 e. The molecule has 1 aliphatic heterocycles. The lowest BCUT2D eigenvalue weighted by Gasteiger charge is -2.36. The van der Waals surface area contributed by atoms with Gasteiger partial charge in [0.25, 0.3) is 5.91 Å². The van der Waals surface area contributed by atoms with Crippen LogP contribution in [0, 0.1) is 0 Å². The molecule has 0 N–H and O–H groups in total. The molecule has 0 bridgehead atoms. The number of sulfone groups is 1. The highest BCUT2D eigenvalue weighted by Gasteiger charge is 2.32. The van der Waals surface area contributed by atoms with E-state index in [-0.39, 0.29) is 41.5 Å². The monoisotopic (exact) mass is 526 g/mol. The number of amides is 1. The molecule has 186 valence electrons. The predicted octanol–water partition coefficient (Wildman–Crippen LogP) is 4.73. The van der Waals surface area contributed by atoms with Crippen molar-refractivity contribution in [2.24, 2.45) is 0 Å². The average Bonchev–Trinajstić information content (AvgIpc) is 2.75. The van der Waals surface area contributed by atoms with Crippen molar-refractivity contribution in [1.82, 2.24) is 4.90 Å². The van der Waals surface area contributed by atoms with Gasteiger partial charge in [0.1, 0.15) is 0 Å². The van der Waals surface area contributed by atoms with Gasteiger partial charge < -0.3 is 9.80 Å². The third-order valence-electron chi connectivity index (χ3n) is 5.13. The number of rotatable bonds is 5. The van der Waals surface area contributed by atoms with E-state index in [4.69, 9.17) is 0 Å². The van der Waals surface area contributed by atoms with Gasteiger partial charge >= 0.3 is 12.4 Å². The second-order valence-electron chi connectivity index (χ2n) is 7.66. The highest BCUT2D eigenvalue weighted by atomic mass is 32.2. The van der Waals surface area contributed by atoms with Crippen molar-refractivity contribution in [1.29, 1.82) is 0 Å². The summed E-state index contributed by atoms with van der Waals surface area (Å²) in [5, 5.41) is 0. The van der Waals surface area contributed by atoms with E-state index in [0.29, 0.717) is 17.4 Å². The fourth-order valence-corrected chi connectivity index (χ4v) is 4.82. The van der Waals surface area contributed by atoms with Gasteiger partial charge in [-0.3, -0.25) is 4.79 Å². The van der Waals surface area contributed by atoms with E-state index in [2.05, 4.69) is 0 Å². The van der Waals surface area contributed by atoms with E-state index >= 15 is 0 Å². The van der Waals surface area contributed by atoms with Crippen molar-refractivity contribution in [2.45, 2.75) is 22.1 Å². The van der Waals surface area contributed by atoms with Crippen LogP contribution in [0.3, 0.4) is 0 Å². The topological polar surface area (TPSA) is 57.7 Å². The minimum absolute atomic E-state index is 0.0138. The second-order valence-corrected chi connectivity index (χ2v) is 10.7. The minimum atomic E-state index is -4.48. The quantitative estimate of drug-likeness (QED) is 0.417. The zero-order chi connectivity index (χ0) is 25.3. The second kappa shape index (κ2) is 9.68. The number of hydrogen-bond acceptors (Lipinski definition) is 5. The molecular formula is C21H20F6N2O3S2. The molecule has 0 unspecified atom stereocenters. The van der Waals surface area contributed by atoms with E-state index in [1.54, 1.807) is 4.90 Å².